The van der Waals surface area contributed by atoms with Gasteiger partial charge < -0.3 is 9.72 Å². The fourth-order valence-corrected chi connectivity index (χ4v) is 2.82. The van der Waals surface area contributed by atoms with Crippen LogP contribution in [-0.2, 0) is 4.74 Å². The molecule has 1 heterocycles. The molecule has 0 aliphatic rings. The summed E-state index contributed by atoms with van der Waals surface area (Å²) >= 11 is 5.84. The van der Waals surface area contributed by atoms with Crippen molar-refractivity contribution in [3.05, 3.63) is 57.4 Å². The average molecular weight is 348 g/mol. The first-order valence-electron chi connectivity index (χ1n) is 7.43. The first-order chi connectivity index (χ1) is 11.2. The summed E-state index contributed by atoms with van der Waals surface area (Å²) in [4.78, 5) is 39.2. The summed E-state index contributed by atoms with van der Waals surface area (Å²) in [6.07, 6.45) is -0.993. The maximum Gasteiger partial charge on any atom is 0.338 e. The zero-order valence-corrected chi connectivity index (χ0v) is 14.7. The van der Waals surface area contributed by atoms with Gasteiger partial charge in [0.25, 0.3) is 0 Å². The largest absolute Gasteiger partial charge is 0.451 e. The van der Waals surface area contributed by atoms with E-state index in [1.807, 2.05) is 0 Å². The zero-order chi connectivity index (χ0) is 18.0. The Morgan fingerprint density at radius 3 is 2.42 bits per heavy atom. The summed E-state index contributed by atoms with van der Waals surface area (Å²) < 4.78 is 5.22. The zero-order valence-electron chi connectivity index (χ0n) is 13.9. The van der Waals surface area contributed by atoms with E-state index >= 15 is 0 Å². The molecule has 0 fully saturated rings. The number of benzene rings is 1. The molecular weight excluding hydrogens is 330 g/mol. The summed E-state index contributed by atoms with van der Waals surface area (Å²) in [7, 11) is 0. The van der Waals surface area contributed by atoms with E-state index in [1.165, 1.54) is 19.9 Å². The number of hydrogen-bond acceptors (Lipinski definition) is 4. The summed E-state index contributed by atoms with van der Waals surface area (Å²) in [5.41, 5.74) is 2.23. The van der Waals surface area contributed by atoms with Crippen LogP contribution in [0.2, 0.25) is 5.02 Å². The van der Waals surface area contributed by atoms with Gasteiger partial charge in [-0.3, -0.25) is 9.59 Å². The van der Waals surface area contributed by atoms with Gasteiger partial charge in [0.15, 0.2) is 11.9 Å². The minimum atomic E-state index is -0.993. The molecule has 1 atom stereocenters. The highest BCUT2D eigenvalue weighted by atomic mass is 35.5. The topological polar surface area (TPSA) is 76.2 Å². The lowest BCUT2D eigenvalue weighted by Gasteiger charge is -2.12. The molecular formula is C18H18ClNO4. The smallest absolute Gasteiger partial charge is 0.338 e. The van der Waals surface area contributed by atoms with Gasteiger partial charge >= 0.3 is 5.97 Å². The number of H-pyrrole nitrogens is 1. The van der Waals surface area contributed by atoms with E-state index in [-0.39, 0.29) is 17.0 Å². The Kier molecular flexibility index (Phi) is 5.24. The third-order valence-electron chi connectivity index (χ3n) is 3.75. The van der Waals surface area contributed by atoms with Crippen LogP contribution in [0.25, 0.3) is 0 Å². The van der Waals surface area contributed by atoms with E-state index in [4.69, 9.17) is 16.3 Å². The van der Waals surface area contributed by atoms with E-state index < -0.39 is 17.9 Å². The van der Waals surface area contributed by atoms with Crippen LogP contribution in [0.5, 0.6) is 0 Å². The van der Waals surface area contributed by atoms with Gasteiger partial charge in [0, 0.05) is 16.3 Å². The van der Waals surface area contributed by atoms with Gasteiger partial charge in [0.05, 0.1) is 11.3 Å². The quantitative estimate of drug-likeness (QED) is 0.657. The van der Waals surface area contributed by atoms with Crippen LogP contribution < -0.4 is 0 Å². The molecule has 2 aromatic rings. The molecule has 1 N–H and O–H groups in total. The van der Waals surface area contributed by atoms with Crippen molar-refractivity contribution >= 4 is 29.1 Å². The lowest BCUT2D eigenvalue weighted by atomic mass is 10.0. The predicted octanol–water partition coefficient (Wildman–Crippen LogP) is 3.92. The van der Waals surface area contributed by atoms with Gasteiger partial charge in [-0.2, -0.15) is 0 Å². The summed E-state index contributed by atoms with van der Waals surface area (Å²) in [5, 5.41) is 0.408. The van der Waals surface area contributed by atoms with Crippen LogP contribution in [0, 0.1) is 13.8 Å². The monoisotopic (exact) mass is 347 g/mol. The number of nitrogens with one attached hydrogen (secondary N) is 1. The summed E-state index contributed by atoms with van der Waals surface area (Å²) in [6.45, 7) is 6.36. The fraction of sp³-hybridized carbons (Fsp3) is 0.278. The maximum absolute atomic E-state index is 12.5. The molecule has 0 aliphatic carbocycles. The molecule has 2 rings (SSSR count). The Morgan fingerprint density at radius 2 is 1.88 bits per heavy atom. The maximum atomic E-state index is 12.5. The number of ketones is 2. The number of esters is 1. The van der Waals surface area contributed by atoms with Crippen molar-refractivity contribution in [1.29, 1.82) is 0 Å². The third-order valence-corrected chi connectivity index (χ3v) is 3.98. The Hall–Kier alpha value is -2.40. The van der Waals surface area contributed by atoms with Crippen LogP contribution in [0.1, 0.15) is 56.3 Å². The van der Waals surface area contributed by atoms with E-state index in [0.717, 1.165) is 0 Å². The minimum Gasteiger partial charge on any atom is -0.451 e. The van der Waals surface area contributed by atoms with E-state index in [0.29, 0.717) is 21.8 Å². The van der Waals surface area contributed by atoms with Crippen molar-refractivity contribution in [3.8, 4) is 0 Å². The molecule has 0 saturated carbocycles. The second-order valence-corrected chi connectivity index (χ2v) is 6.04. The molecule has 6 heteroatoms. The van der Waals surface area contributed by atoms with Gasteiger partial charge in [-0.1, -0.05) is 17.7 Å². The number of hydrogen-bond donors (Lipinski definition) is 1. The molecule has 1 aromatic carbocycles. The summed E-state index contributed by atoms with van der Waals surface area (Å²) in [5.74, 6) is -1.14. The average Bonchev–Trinajstić information content (AvgIpc) is 2.81. The third kappa shape index (κ3) is 3.57. The standard InChI is InChI=1S/C18H18ClNO4/c1-9-15(11(3)21)10(2)20-16(9)17(22)12(4)24-18(23)13-6-5-7-14(19)8-13/h5-8,12,20H,1-4H3/t12-/m1/s1. The number of halogens is 1. The van der Waals surface area contributed by atoms with Crippen molar-refractivity contribution in [3.63, 3.8) is 0 Å². The van der Waals surface area contributed by atoms with Crippen molar-refractivity contribution in [2.24, 2.45) is 0 Å². The number of aryl methyl sites for hydroxylation is 1. The van der Waals surface area contributed by atoms with Crippen LogP contribution >= 0.6 is 11.6 Å². The molecule has 0 saturated heterocycles. The number of ether oxygens (including phenoxy) is 1. The second kappa shape index (κ2) is 7.01. The number of carbonyl (C=O) groups is 3. The Labute approximate surface area is 145 Å². The molecule has 5 nitrogen and oxygen atoms in total. The van der Waals surface area contributed by atoms with Crippen LogP contribution in [0.15, 0.2) is 24.3 Å². The number of rotatable bonds is 5. The number of carbonyl (C=O) groups excluding carboxylic acids is 3. The number of aromatic nitrogens is 1. The minimum absolute atomic E-state index is 0.121. The van der Waals surface area contributed by atoms with Gasteiger partial charge in [-0.15, -0.1) is 0 Å². The highest BCUT2D eigenvalue weighted by Gasteiger charge is 2.26. The molecule has 1 aromatic heterocycles. The van der Waals surface area contributed by atoms with Crippen LogP contribution in [-0.4, -0.2) is 28.6 Å². The highest BCUT2D eigenvalue weighted by molar-refractivity contribution is 6.30. The molecule has 0 radical (unpaired) electrons. The van der Waals surface area contributed by atoms with E-state index in [1.54, 1.807) is 32.0 Å². The Bertz CT molecular complexity index is 822. The van der Waals surface area contributed by atoms with Crippen molar-refractivity contribution < 1.29 is 19.1 Å². The van der Waals surface area contributed by atoms with E-state index in [9.17, 15) is 14.4 Å². The van der Waals surface area contributed by atoms with Gasteiger partial charge in [-0.25, -0.2) is 4.79 Å². The highest BCUT2D eigenvalue weighted by Crippen LogP contribution is 2.21. The van der Waals surface area contributed by atoms with Crippen molar-refractivity contribution in [2.45, 2.75) is 33.8 Å². The molecule has 0 spiro atoms. The Balaban J connectivity index is 2.20. The first-order valence-corrected chi connectivity index (χ1v) is 7.81. The molecule has 126 valence electrons. The molecule has 24 heavy (non-hydrogen) atoms. The predicted molar refractivity (Wildman–Crippen MR) is 90.9 cm³/mol. The van der Waals surface area contributed by atoms with Crippen LogP contribution in [0.3, 0.4) is 0 Å². The molecule has 0 amide bonds. The normalized spacial score (nSPS) is 11.9. The van der Waals surface area contributed by atoms with Gasteiger partial charge in [-0.05, 0) is 51.5 Å². The van der Waals surface area contributed by atoms with E-state index in [2.05, 4.69) is 4.98 Å². The molecule has 0 aliphatic heterocycles. The van der Waals surface area contributed by atoms with Gasteiger partial charge in [0.2, 0.25) is 5.78 Å². The first kappa shape index (κ1) is 17.9. The lowest BCUT2D eigenvalue weighted by Crippen LogP contribution is -2.25. The van der Waals surface area contributed by atoms with Crippen molar-refractivity contribution in [2.75, 3.05) is 0 Å². The summed E-state index contributed by atoms with van der Waals surface area (Å²) in [6, 6.07) is 6.30. The molecule has 0 bridgehead atoms. The van der Waals surface area contributed by atoms with Crippen LogP contribution in [0.4, 0.5) is 0 Å². The van der Waals surface area contributed by atoms with Gasteiger partial charge in [0.1, 0.15) is 0 Å². The number of aromatic amines is 1. The number of Topliss-reactive ketones (excluding diaryl/α,β-unsaturated/α-hetero) is 2. The second-order valence-electron chi connectivity index (χ2n) is 5.60. The fourth-order valence-electron chi connectivity index (χ4n) is 2.63. The SMILES string of the molecule is CC(=O)c1c(C)[nH]c(C(=O)[C@@H](C)OC(=O)c2cccc(Cl)c2)c1C. The molecule has 0 unspecified atom stereocenters. The lowest BCUT2D eigenvalue weighted by molar-refractivity contribution is 0.0317. The Morgan fingerprint density at radius 1 is 1.21 bits per heavy atom. The van der Waals surface area contributed by atoms with Crippen molar-refractivity contribution in [1.82, 2.24) is 4.98 Å².